The summed E-state index contributed by atoms with van der Waals surface area (Å²) in [7, 11) is -3.55. The van der Waals surface area contributed by atoms with Crippen molar-refractivity contribution in [2.24, 2.45) is 0 Å². The summed E-state index contributed by atoms with van der Waals surface area (Å²) in [5, 5.41) is 2.85. The standard InChI is InChI=1S/C28H25FN2O4S/c1-2-30-36(33,34)25-14-11-20(12-15-25)17-28(32)31-23-13-16-26(21-7-4-3-5-8-21)27(19-23)35-24-10-6-9-22(29)18-24/h3-16,18-19,30H,2,17H2,1H3,(H,31,32). The normalized spacial score (nSPS) is 11.2. The van der Waals surface area contributed by atoms with E-state index in [-0.39, 0.29) is 17.2 Å². The minimum Gasteiger partial charge on any atom is -0.457 e. The van der Waals surface area contributed by atoms with Crippen LogP contribution in [-0.4, -0.2) is 20.9 Å². The minimum atomic E-state index is -3.55. The molecule has 0 unspecified atom stereocenters. The van der Waals surface area contributed by atoms with E-state index in [1.165, 1.54) is 24.3 Å². The highest BCUT2D eigenvalue weighted by atomic mass is 32.2. The topological polar surface area (TPSA) is 84.5 Å². The molecule has 0 aliphatic rings. The third kappa shape index (κ3) is 6.35. The summed E-state index contributed by atoms with van der Waals surface area (Å²) in [5.74, 6) is 0.106. The highest BCUT2D eigenvalue weighted by Gasteiger charge is 2.14. The predicted octanol–water partition coefficient (Wildman–Crippen LogP) is 5.76. The number of rotatable bonds is 9. The monoisotopic (exact) mass is 504 g/mol. The molecule has 0 fully saturated rings. The number of anilines is 1. The van der Waals surface area contributed by atoms with Gasteiger partial charge in [-0.15, -0.1) is 0 Å². The van der Waals surface area contributed by atoms with Gasteiger partial charge in [-0.2, -0.15) is 0 Å². The Balaban J connectivity index is 1.53. The summed E-state index contributed by atoms with van der Waals surface area (Å²) in [6, 6.07) is 26.9. The summed E-state index contributed by atoms with van der Waals surface area (Å²) in [6.45, 7) is 2.00. The van der Waals surface area contributed by atoms with Gasteiger partial charge in [0.2, 0.25) is 15.9 Å². The number of sulfonamides is 1. The predicted molar refractivity (Wildman–Crippen MR) is 138 cm³/mol. The van der Waals surface area contributed by atoms with Crippen molar-refractivity contribution < 1.29 is 22.3 Å². The van der Waals surface area contributed by atoms with Crippen LogP contribution >= 0.6 is 0 Å². The fraction of sp³-hybridized carbons (Fsp3) is 0.107. The van der Waals surface area contributed by atoms with E-state index in [9.17, 15) is 17.6 Å². The molecule has 4 aromatic rings. The lowest BCUT2D eigenvalue weighted by Gasteiger charge is -2.14. The van der Waals surface area contributed by atoms with Crippen molar-refractivity contribution in [1.82, 2.24) is 4.72 Å². The van der Waals surface area contributed by atoms with Crippen molar-refractivity contribution in [1.29, 1.82) is 0 Å². The molecular weight excluding hydrogens is 479 g/mol. The molecule has 0 heterocycles. The van der Waals surface area contributed by atoms with Crippen molar-refractivity contribution in [2.75, 3.05) is 11.9 Å². The molecule has 0 saturated carbocycles. The number of hydrogen-bond donors (Lipinski definition) is 2. The maximum absolute atomic E-state index is 13.7. The first-order chi connectivity index (χ1) is 17.3. The average molecular weight is 505 g/mol. The summed E-state index contributed by atoms with van der Waals surface area (Å²) >= 11 is 0. The zero-order valence-corrected chi connectivity index (χ0v) is 20.4. The van der Waals surface area contributed by atoms with Gasteiger partial charge in [0.15, 0.2) is 0 Å². The molecule has 1 amide bonds. The highest BCUT2D eigenvalue weighted by Crippen LogP contribution is 2.35. The number of benzene rings is 4. The van der Waals surface area contributed by atoms with Crippen LogP contribution in [-0.2, 0) is 21.2 Å². The summed E-state index contributed by atoms with van der Waals surface area (Å²) in [5.41, 5.74) is 2.88. The Morgan fingerprint density at radius 2 is 1.64 bits per heavy atom. The Morgan fingerprint density at radius 3 is 2.33 bits per heavy atom. The molecular formula is C28H25FN2O4S. The van der Waals surface area contributed by atoms with Crippen molar-refractivity contribution in [3.8, 4) is 22.6 Å². The van der Waals surface area contributed by atoms with Crippen molar-refractivity contribution in [3.05, 3.63) is 108 Å². The van der Waals surface area contributed by atoms with Crippen molar-refractivity contribution >= 4 is 21.6 Å². The van der Waals surface area contributed by atoms with E-state index in [0.717, 1.165) is 11.1 Å². The molecule has 0 aliphatic heterocycles. The molecule has 36 heavy (non-hydrogen) atoms. The lowest BCUT2D eigenvalue weighted by molar-refractivity contribution is -0.115. The van der Waals surface area contributed by atoms with Gasteiger partial charge < -0.3 is 10.1 Å². The van der Waals surface area contributed by atoms with Crippen LogP contribution in [0.2, 0.25) is 0 Å². The second kappa shape index (κ2) is 11.2. The number of carbonyl (C=O) groups excluding carboxylic acids is 1. The Kier molecular flexibility index (Phi) is 7.77. The second-order valence-corrected chi connectivity index (χ2v) is 9.77. The van der Waals surface area contributed by atoms with Crippen molar-refractivity contribution in [3.63, 3.8) is 0 Å². The smallest absolute Gasteiger partial charge is 0.240 e. The summed E-state index contributed by atoms with van der Waals surface area (Å²) < 4.78 is 46.3. The molecule has 6 nitrogen and oxygen atoms in total. The van der Waals surface area contributed by atoms with Crippen LogP contribution in [0.3, 0.4) is 0 Å². The van der Waals surface area contributed by atoms with Gasteiger partial charge >= 0.3 is 0 Å². The van der Waals surface area contributed by atoms with Crippen LogP contribution in [0.1, 0.15) is 12.5 Å². The number of carbonyl (C=O) groups is 1. The zero-order valence-electron chi connectivity index (χ0n) is 19.6. The fourth-order valence-electron chi connectivity index (χ4n) is 3.65. The maximum Gasteiger partial charge on any atom is 0.240 e. The largest absolute Gasteiger partial charge is 0.457 e. The van der Waals surface area contributed by atoms with Crippen molar-refractivity contribution in [2.45, 2.75) is 18.2 Å². The molecule has 4 rings (SSSR count). The molecule has 2 N–H and O–H groups in total. The van der Waals surface area contributed by atoms with Crippen LogP contribution < -0.4 is 14.8 Å². The van der Waals surface area contributed by atoms with Gasteiger partial charge in [0.25, 0.3) is 0 Å². The lowest BCUT2D eigenvalue weighted by Crippen LogP contribution is -2.23. The molecule has 0 aromatic heterocycles. The first-order valence-corrected chi connectivity index (χ1v) is 12.8. The van der Waals surface area contributed by atoms with Gasteiger partial charge in [0, 0.05) is 29.9 Å². The van der Waals surface area contributed by atoms with Gasteiger partial charge in [-0.25, -0.2) is 17.5 Å². The van der Waals surface area contributed by atoms with E-state index < -0.39 is 15.8 Å². The molecule has 8 heteroatoms. The van der Waals surface area contributed by atoms with Gasteiger partial charge in [0.1, 0.15) is 17.3 Å². The second-order valence-electron chi connectivity index (χ2n) is 8.01. The van der Waals surface area contributed by atoms with Crippen LogP contribution in [0.15, 0.2) is 102 Å². The van der Waals surface area contributed by atoms with Crippen LogP contribution in [0.4, 0.5) is 10.1 Å². The van der Waals surface area contributed by atoms with Crippen LogP contribution in [0.5, 0.6) is 11.5 Å². The van der Waals surface area contributed by atoms with Gasteiger partial charge in [-0.05, 0) is 47.5 Å². The van der Waals surface area contributed by atoms with Gasteiger partial charge in [-0.1, -0.05) is 55.5 Å². The number of ether oxygens (including phenoxy) is 1. The highest BCUT2D eigenvalue weighted by molar-refractivity contribution is 7.89. The average Bonchev–Trinajstić information content (AvgIpc) is 2.85. The molecule has 0 aliphatic carbocycles. The Labute approximate surface area is 209 Å². The van der Waals surface area contributed by atoms with E-state index >= 15 is 0 Å². The SMILES string of the molecule is CCNS(=O)(=O)c1ccc(CC(=O)Nc2ccc(-c3ccccc3)c(Oc3cccc(F)c3)c2)cc1. The lowest BCUT2D eigenvalue weighted by atomic mass is 10.0. The number of halogens is 1. The molecule has 0 bridgehead atoms. The zero-order chi connectivity index (χ0) is 25.5. The summed E-state index contributed by atoms with van der Waals surface area (Å²) in [6.07, 6.45) is 0.0576. The maximum atomic E-state index is 13.7. The molecule has 184 valence electrons. The molecule has 0 radical (unpaired) electrons. The van der Waals surface area contributed by atoms with Crippen LogP contribution in [0.25, 0.3) is 11.1 Å². The molecule has 0 saturated heterocycles. The first kappa shape index (κ1) is 25.1. The summed E-state index contributed by atoms with van der Waals surface area (Å²) in [4.78, 5) is 12.8. The Bertz CT molecular complexity index is 1460. The number of nitrogens with one attached hydrogen (secondary N) is 2. The Morgan fingerprint density at radius 1 is 0.889 bits per heavy atom. The molecule has 4 aromatic carbocycles. The third-order valence-corrected chi connectivity index (χ3v) is 6.87. The van der Waals surface area contributed by atoms with E-state index in [2.05, 4.69) is 10.0 Å². The van der Waals surface area contributed by atoms with E-state index in [4.69, 9.17) is 4.74 Å². The van der Waals surface area contributed by atoms with E-state index in [0.29, 0.717) is 29.3 Å². The molecule has 0 atom stereocenters. The quantitative estimate of drug-likeness (QED) is 0.303. The first-order valence-electron chi connectivity index (χ1n) is 11.4. The number of amides is 1. The van der Waals surface area contributed by atoms with Gasteiger partial charge in [-0.3, -0.25) is 4.79 Å². The Hall–Kier alpha value is -4.01. The fourth-order valence-corrected chi connectivity index (χ4v) is 4.69. The van der Waals surface area contributed by atoms with E-state index in [1.54, 1.807) is 43.3 Å². The third-order valence-electron chi connectivity index (χ3n) is 5.31. The van der Waals surface area contributed by atoms with Gasteiger partial charge in [0.05, 0.1) is 11.3 Å². The minimum absolute atomic E-state index is 0.0576. The van der Waals surface area contributed by atoms with Crippen LogP contribution in [0, 0.1) is 5.82 Å². The number of hydrogen-bond acceptors (Lipinski definition) is 4. The molecule has 0 spiro atoms. The van der Waals surface area contributed by atoms with E-state index in [1.807, 2.05) is 36.4 Å².